The number of fused-ring (bicyclic) bond motifs is 1. The van der Waals surface area contributed by atoms with Gasteiger partial charge in [-0.1, -0.05) is 24.3 Å². The lowest BCUT2D eigenvalue weighted by molar-refractivity contribution is -0.154. The van der Waals surface area contributed by atoms with Crippen LogP contribution in [0.2, 0.25) is 0 Å². The van der Waals surface area contributed by atoms with E-state index in [0.29, 0.717) is 11.5 Å². The summed E-state index contributed by atoms with van der Waals surface area (Å²) in [5.74, 6) is -0.313. The zero-order valence-corrected chi connectivity index (χ0v) is 24.2. The minimum Gasteiger partial charge on any atom is -0.460 e. The summed E-state index contributed by atoms with van der Waals surface area (Å²) in [4.78, 5) is 40.9. The van der Waals surface area contributed by atoms with Gasteiger partial charge in [-0.2, -0.15) is 0 Å². The van der Waals surface area contributed by atoms with Crippen molar-refractivity contribution in [2.75, 3.05) is 22.9 Å². The van der Waals surface area contributed by atoms with E-state index in [2.05, 4.69) is 20.9 Å². The molecule has 0 spiro atoms. The minimum absolute atomic E-state index is 0.0878. The molecule has 2 heterocycles. The van der Waals surface area contributed by atoms with E-state index in [0.717, 1.165) is 38.0 Å². The molecule has 0 atom stereocenters. The van der Waals surface area contributed by atoms with Gasteiger partial charge < -0.3 is 26.4 Å². The van der Waals surface area contributed by atoms with Gasteiger partial charge in [0.25, 0.3) is 0 Å². The standard InChI is InChI=1S/C31H33N5O4S/c1-19-6-5-7-23(16-19)36-30(39)35-22-11-8-20(9-12-22)24-18-41-28-21(17-34-29(32)27(24)28)10-13-25(37)33-15-14-26(38)40-31(2,3)4/h5-13,16-18H,14-15H2,1-4H3,(H2,32,34)(H,33,37)(H2,35,36,39). The summed E-state index contributed by atoms with van der Waals surface area (Å²) in [6.45, 7) is 7.53. The van der Waals surface area contributed by atoms with Gasteiger partial charge in [0.15, 0.2) is 0 Å². The molecule has 0 aliphatic heterocycles. The van der Waals surface area contributed by atoms with Gasteiger partial charge in [0, 0.05) is 51.4 Å². The van der Waals surface area contributed by atoms with Crippen LogP contribution in [0.5, 0.6) is 0 Å². The predicted octanol–water partition coefficient (Wildman–Crippen LogP) is 6.36. The maximum absolute atomic E-state index is 12.4. The molecule has 2 aromatic carbocycles. The second-order valence-corrected chi connectivity index (χ2v) is 11.3. The number of hydrogen-bond donors (Lipinski definition) is 4. The molecule has 10 heteroatoms. The Morgan fingerprint density at radius 1 is 1.05 bits per heavy atom. The lowest BCUT2D eigenvalue weighted by atomic mass is 10.0. The first-order chi connectivity index (χ1) is 19.5. The van der Waals surface area contributed by atoms with Crippen LogP contribution >= 0.6 is 11.3 Å². The van der Waals surface area contributed by atoms with Gasteiger partial charge in [-0.25, -0.2) is 9.78 Å². The van der Waals surface area contributed by atoms with Gasteiger partial charge in [0.1, 0.15) is 11.4 Å². The van der Waals surface area contributed by atoms with Gasteiger partial charge in [0.05, 0.1) is 6.42 Å². The number of nitrogens with zero attached hydrogens (tertiary/aromatic N) is 1. The zero-order chi connectivity index (χ0) is 29.6. The molecule has 3 amide bonds. The largest absolute Gasteiger partial charge is 0.460 e. The first kappa shape index (κ1) is 29.3. The van der Waals surface area contributed by atoms with Crippen LogP contribution in [-0.4, -0.2) is 35.0 Å². The van der Waals surface area contributed by atoms with Crippen molar-refractivity contribution in [1.82, 2.24) is 10.3 Å². The number of urea groups is 1. The van der Waals surface area contributed by atoms with Crippen LogP contribution in [0.25, 0.3) is 27.3 Å². The molecule has 2 aromatic heterocycles. The summed E-state index contributed by atoms with van der Waals surface area (Å²) in [5, 5.41) is 11.1. The third-order valence-electron chi connectivity index (χ3n) is 5.84. The van der Waals surface area contributed by atoms with Gasteiger partial charge in [-0.15, -0.1) is 11.3 Å². The number of carbonyl (C=O) groups is 3. The van der Waals surface area contributed by atoms with Gasteiger partial charge >= 0.3 is 12.0 Å². The summed E-state index contributed by atoms with van der Waals surface area (Å²) in [6, 6.07) is 14.7. The smallest absolute Gasteiger partial charge is 0.323 e. The number of anilines is 3. The van der Waals surface area contributed by atoms with Crippen LogP contribution in [0.4, 0.5) is 22.0 Å². The molecule has 5 N–H and O–H groups in total. The highest BCUT2D eigenvalue weighted by atomic mass is 32.1. The Kier molecular flexibility index (Phi) is 9.04. The van der Waals surface area contributed by atoms with Crippen LogP contribution in [-0.2, 0) is 14.3 Å². The highest BCUT2D eigenvalue weighted by Crippen LogP contribution is 2.39. The van der Waals surface area contributed by atoms with Crippen molar-refractivity contribution in [2.45, 2.75) is 39.7 Å². The van der Waals surface area contributed by atoms with Crippen molar-refractivity contribution in [3.63, 3.8) is 0 Å². The van der Waals surface area contributed by atoms with Gasteiger partial charge in [-0.05, 0) is 74.5 Å². The van der Waals surface area contributed by atoms with E-state index in [1.165, 1.54) is 17.4 Å². The van der Waals surface area contributed by atoms with Crippen LogP contribution < -0.4 is 21.7 Å². The molecule has 0 radical (unpaired) electrons. The number of pyridine rings is 1. The van der Waals surface area contributed by atoms with Crippen molar-refractivity contribution < 1.29 is 19.1 Å². The Balaban J connectivity index is 1.41. The number of nitrogen functional groups attached to an aromatic ring is 1. The molecule has 0 aliphatic carbocycles. The monoisotopic (exact) mass is 571 g/mol. The van der Waals surface area contributed by atoms with E-state index < -0.39 is 5.60 Å². The fraction of sp³-hybridized carbons (Fsp3) is 0.226. The SMILES string of the molecule is Cc1cccc(NC(=O)Nc2ccc(-c3csc4c(C=CC(=O)NCCC(=O)OC(C)(C)C)cnc(N)c34)cc2)c1. The van der Waals surface area contributed by atoms with E-state index in [1.807, 2.05) is 60.8 Å². The minimum atomic E-state index is -0.564. The number of aromatic nitrogens is 1. The molecule has 4 rings (SSSR count). The molecule has 212 valence electrons. The molecule has 0 unspecified atom stereocenters. The number of esters is 1. The van der Waals surface area contributed by atoms with E-state index >= 15 is 0 Å². The summed E-state index contributed by atoms with van der Waals surface area (Å²) < 4.78 is 6.14. The number of rotatable bonds is 8. The summed E-state index contributed by atoms with van der Waals surface area (Å²) in [5.41, 5.74) is 10.7. The Morgan fingerprint density at radius 3 is 2.49 bits per heavy atom. The molecule has 0 bridgehead atoms. The van der Waals surface area contributed by atoms with Crippen molar-refractivity contribution in [3.05, 3.63) is 77.3 Å². The normalized spacial score (nSPS) is 11.4. The number of nitrogens with two attached hydrogens (primary N) is 1. The van der Waals surface area contributed by atoms with Crippen LogP contribution in [0.3, 0.4) is 0 Å². The average molecular weight is 572 g/mol. The number of thiophene rings is 1. The Labute approximate surface area is 242 Å². The summed E-state index contributed by atoms with van der Waals surface area (Å²) in [6.07, 6.45) is 4.80. The molecular weight excluding hydrogens is 538 g/mol. The molecule has 0 saturated heterocycles. The number of ether oxygens (including phenoxy) is 1. The second-order valence-electron chi connectivity index (χ2n) is 10.4. The first-order valence-electron chi connectivity index (χ1n) is 13.1. The quantitative estimate of drug-likeness (QED) is 0.144. The summed E-state index contributed by atoms with van der Waals surface area (Å²) >= 11 is 1.50. The fourth-order valence-electron chi connectivity index (χ4n) is 4.07. The second kappa shape index (κ2) is 12.6. The number of benzene rings is 2. The molecule has 41 heavy (non-hydrogen) atoms. The fourth-order valence-corrected chi connectivity index (χ4v) is 5.15. The molecular formula is C31H33N5O4S. The number of carbonyl (C=O) groups excluding carboxylic acids is 3. The summed E-state index contributed by atoms with van der Waals surface area (Å²) in [7, 11) is 0. The zero-order valence-electron chi connectivity index (χ0n) is 23.4. The van der Waals surface area contributed by atoms with Gasteiger partial charge in [0.2, 0.25) is 5.91 Å². The third-order valence-corrected chi connectivity index (χ3v) is 6.87. The number of hydrogen-bond acceptors (Lipinski definition) is 7. The van der Waals surface area contributed by atoms with E-state index in [-0.39, 0.29) is 30.9 Å². The topological polar surface area (TPSA) is 135 Å². The average Bonchev–Trinajstić information content (AvgIpc) is 3.34. The Morgan fingerprint density at radius 2 is 1.78 bits per heavy atom. The molecule has 0 aliphatic rings. The van der Waals surface area contributed by atoms with Crippen LogP contribution in [0.1, 0.15) is 38.3 Å². The highest BCUT2D eigenvalue weighted by Gasteiger charge is 2.16. The third kappa shape index (κ3) is 8.15. The number of amides is 3. The van der Waals surface area contributed by atoms with E-state index in [1.54, 1.807) is 33.0 Å². The maximum Gasteiger partial charge on any atom is 0.323 e. The predicted molar refractivity (Wildman–Crippen MR) is 166 cm³/mol. The maximum atomic E-state index is 12.4. The number of aryl methyl sites for hydroxylation is 1. The lowest BCUT2D eigenvalue weighted by Crippen LogP contribution is -2.28. The first-order valence-corrected chi connectivity index (χ1v) is 13.9. The van der Waals surface area contributed by atoms with Gasteiger partial charge in [-0.3, -0.25) is 9.59 Å². The van der Waals surface area contributed by atoms with Crippen molar-refractivity contribution in [3.8, 4) is 11.1 Å². The Hall–Kier alpha value is -4.70. The van der Waals surface area contributed by atoms with E-state index in [4.69, 9.17) is 10.5 Å². The van der Waals surface area contributed by atoms with Crippen molar-refractivity contribution in [1.29, 1.82) is 0 Å². The van der Waals surface area contributed by atoms with Crippen molar-refractivity contribution >= 4 is 62.6 Å². The van der Waals surface area contributed by atoms with Crippen molar-refractivity contribution in [2.24, 2.45) is 0 Å². The molecule has 9 nitrogen and oxygen atoms in total. The molecule has 4 aromatic rings. The molecule has 0 fully saturated rings. The van der Waals surface area contributed by atoms with Crippen LogP contribution in [0, 0.1) is 6.92 Å². The lowest BCUT2D eigenvalue weighted by Gasteiger charge is -2.19. The molecule has 0 saturated carbocycles. The highest BCUT2D eigenvalue weighted by molar-refractivity contribution is 7.18. The Bertz CT molecular complexity index is 1600. The van der Waals surface area contributed by atoms with E-state index in [9.17, 15) is 14.4 Å². The van der Waals surface area contributed by atoms with Crippen LogP contribution in [0.15, 0.2) is 66.2 Å². The number of nitrogens with one attached hydrogen (secondary N) is 3.